The van der Waals surface area contributed by atoms with Gasteiger partial charge in [0.05, 0.1) is 5.97 Å². The number of carbonyl (C=O) groups excluding carboxylic acids is 2. The van der Waals surface area contributed by atoms with Crippen molar-refractivity contribution in [2.24, 2.45) is 0 Å². The Morgan fingerprint density at radius 3 is 2.35 bits per heavy atom. The molecule has 2 aromatic rings. The average molecular weight is 268 g/mol. The number of anilines is 1. The Labute approximate surface area is 117 Å². The van der Waals surface area contributed by atoms with E-state index in [1.54, 1.807) is 24.3 Å². The van der Waals surface area contributed by atoms with Gasteiger partial charge in [-0.3, -0.25) is 4.79 Å². The Balaban J connectivity index is 2.14. The van der Waals surface area contributed by atoms with E-state index in [1.807, 2.05) is 19.1 Å². The lowest BCUT2D eigenvalue weighted by Gasteiger charge is -2.08. The van der Waals surface area contributed by atoms with Gasteiger partial charge in [-0.2, -0.15) is 0 Å². The maximum atomic E-state index is 12.0. The van der Waals surface area contributed by atoms with E-state index in [0.29, 0.717) is 11.3 Å². The number of rotatable bonds is 4. The zero-order chi connectivity index (χ0) is 14.5. The van der Waals surface area contributed by atoms with Gasteiger partial charge < -0.3 is 15.2 Å². The Kier molecular flexibility index (Phi) is 4.15. The van der Waals surface area contributed by atoms with Gasteiger partial charge in [-0.05, 0) is 41.8 Å². The SMILES string of the molecule is CCc1ccc(C(=O)Nc2cccc(C(=O)[O-])c2)cc1. The second-order valence-electron chi connectivity index (χ2n) is 4.37. The van der Waals surface area contributed by atoms with Crippen LogP contribution in [0.15, 0.2) is 48.5 Å². The molecule has 0 spiro atoms. The summed E-state index contributed by atoms with van der Waals surface area (Å²) in [5.41, 5.74) is 2.14. The minimum atomic E-state index is -1.27. The van der Waals surface area contributed by atoms with Crippen molar-refractivity contribution in [1.29, 1.82) is 0 Å². The van der Waals surface area contributed by atoms with Crippen LogP contribution < -0.4 is 10.4 Å². The molecule has 0 fully saturated rings. The van der Waals surface area contributed by atoms with Crippen LogP contribution >= 0.6 is 0 Å². The Bertz CT molecular complexity index is 632. The number of nitrogens with one attached hydrogen (secondary N) is 1. The lowest BCUT2D eigenvalue weighted by molar-refractivity contribution is -0.255. The van der Waals surface area contributed by atoms with E-state index in [9.17, 15) is 14.7 Å². The van der Waals surface area contributed by atoms with E-state index < -0.39 is 5.97 Å². The molecule has 4 nitrogen and oxygen atoms in total. The molecule has 0 heterocycles. The average Bonchev–Trinajstić information content (AvgIpc) is 2.47. The van der Waals surface area contributed by atoms with Crippen molar-refractivity contribution in [2.45, 2.75) is 13.3 Å². The second kappa shape index (κ2) is 6.02. The van der Waals surface area contributed by atoms with Crippen LogP contribution in [0.25, 0.3) is 0 Å². The molecule has 1 N–H and O–H groups in total. The zero-order valence-electron chi connectivity index (χ0n) is 11.1. The van der Waals surface area contributed by atoms with Crippen LogP contribution in [0.4, 0.5) is 5.69 Å². The first-order valence-electron chi connectivity index (χ1n) is 6.32. The monoisotopic (exact) mass is 268 g/mol. The molecule has 0 atom stereocenters. The smallest absolute Gasteiger partial charge is 0.255 e. The fourth-order valence-corrected chi connectivity index (χ4v) is 1.82. The van der Waals surface area contributed by atoms with Crippen molar-refractivity contribution in [3.05, 3.63) is 65.2 Å². The molecule has 0 aliphatic carbocycles. The Morgan fingerprint density at radius 1 is 1.05 bits per heavy atom. The number of aromatic carboxylic acids is 1. The standard InChI is InChI=1S/C16H15NO3/c1-2-11-6-8-12(9-7-11)15(18)17-14-5-3-4-13(10-14)16(19)20/h3-10H,2H2,1H3,(H,17,18)(H,19,20)/p-1. The van der Waals surface area contributed by atoms with Crippen LogP contribution in [-0.4, -0.2) is 11.9 Å². The van der Waals surface area contributed by atoms with Crippen LogP contribution in [0.3, 0.4) is 0 Å². The summed E-state index contributed by atoms with van der Waals surface area (Å²) < 4.78 is 0. The molecular formula is C16H14NO3-. The summed E-state index contributed by atoms with van der Waals surface area (Å²) in [5, 5.41) is 13.4. The quantitative estimate of drug-likeness (QED) is 0.920. The largest absolute Gasteiger partial charge is 0.545 e. The van der Waals surface area contributed by atoms with Gasteiger partial charge in [-0.25, -0.2) is 0 Å². The number of benzene rings is 2. The number of aryl methyl sites for hydroxylation is 1. The number of carboxylic acids is 1. The number of carbonyl (C=O) groups is 2. The first kappa shape index (κ1) is 13.8. The maximum absolute atomic E-state index is 12.0. The van der Waals surface area contributed by atoms with E-state index in [1.165, 1.54) is 12.1 Å². The molecule has 0 radical (unpaired) electrons. The van der Waals surface area contributed by atoms with Crippen molar-refractivity contribution >= 4 is 17.6 Å². The summed E-state index contributed by atoms with van der Waals surface area (Å²) in [5.74, 6) is -1.54. The lowest BCUT2D eigenvalue weighted by atomic mass is 10.1. The van der Waals surface area contributed by atoms with Gasteiger partial charge in [0.2, 0.25) is 0 Å². The fraction of sp³-hybridized carbons (Fsp3) is 0.125. The molecule has 1 amide bonds. The predicted octanol–water partition coefficient (Wildman–Crippen LogP) is 1.86. The summed E-state index contributed by atoms with van der Waals surface area (Å²) >= 11 is 0. The van der Waals surface area contributed by atoms with E-state index in [2.05, 4.69) is 5.32 Å². The van der Waals surface area contributed by atoms with Crippen molar-refractivity contribution in [3.63, 3.8) is 0 Å². The van der Waals surface area contributed by atoms with E-state index in [0.717, 1.165) is 12.0 Å². The molecular weight excluding hydrogens is 254 g/mol. The van der Waals surface area contributed by atoms with Gasteiger partial charge in [0.25, 0.3) is 5.91 Å². The molecule has 0 saturated carbocycles. The van der Waals surface area contributed by atoms with Crippen LogP contribution in [0, 0.1) is 0 Å². The fourth-order valence-electron chi connectivity index (χ4n) is 1.82. The molecule has 4 heteroatoms. The minimum Gasteiger partial charge on any atom is -0.545 e. The number of hydrogen-bond acceptors (Lipinski definition) is 3. The highest BCUT2D eigenvalue weighted by atomic mass is 16.4. The second-order valence-corrected chi connectivity index (χ2v) is 4.37. The zero-order valence-corrected chi connectivity index (χ0v) is 11.1. The maximum Gasteiger partial charge on any atom is 0.255 e. The summed E-state index contributed by atoms with van der Waals surface area (Å²) in [6.07, 6.45) is 0.912. The molecule has 2 rings (SSSR count). The number of hydrogen-bond donors (Lipinski definition) is 1. The molecule has 0 bridgehead atoms. The minimum absolute atomic E-state index is 0.0316. The van der Waals surface area contributed by atoms with E-state index >= 15 is 0 Å². The van der Waals surface area contributed by atoms with Gasteiger partial charge in [0, 0.05) is 11.3 Å². The van der Waals surface area contributed by atoms with Crippen molar-refractivity contribution in [1.82, 2.24) is 0 Å². The van der Waals surface area contributed by atoms with Crippen LogP contribution in [0.5, 0.6) is 0 Å². The number of amides is 1. The summed E-state index contributed by atoms with van der Waals surface area (Å²) in [6.45, 7) is 2.04. The van der Waals surface area contributed by atoms with Crippen LogP contribution in [0.1, 0.15) is 33.2 Å². The van der Waals surface area contributed by atoms with Crippen molar-refractivity contribution in [2.75, 3.05) is 5.32 Å². The third kappa shape index (κ3) is 3.23. The Morgan fingerprint density at radius 2 is 1.75 bits per heavy atom. The molecule has 0 aliphatic rings. The summed E-state index contributed by atoms with van der Waals surface area (Å²) in [7, 11) is 0. The molecule has 0 saturated heterocycles. The van der Waals surface area contributed by atoms with Gasteiger partial charge in [0.15, 0.2) is 0 Å². The number of carboxylic acid groups (broad SMARTS) is 1. The third-order valence-electron chi connectivity index (χ3n) is 2.98. The highest BCUT2D eigenvalue weighted by Gasteiger charge is 2.06. The third-order valence-corrected chi connectivity index (χ3v) is 2.98. The molecule has 102 valence electrons. The van der Waals surface area contributed by atoms with Gasteiger partial charge in [0.1, 0.15) is 0 Å². The molecule has 0 aromatic heterocycles. The summed E-state index contributed by atoms with van der Waals surface area (Å²) in [6, 6.07) is 13.3. The topological polar surface area (TPSA) is 69.2 Å². The van der Waals surface area contributed by atoms with Crippen LogP contribution in [0.2, 0.25) is 0 Å². The highest BCUT2D eigenvalue weighted by molar-refractivity contribution is 6.04. The predicted molar refractivity (Wildman–Crippen MR) is 74.5 cm³/mol. The Hall–Kier alpha value is -2.62. The highest BCUT2D eigenvalue weighted by Crippen LogP contribution is 2.12. The van der Waals surface area contributed by atoms with Crippen molar-refractivity contribution in [3.8, 4) is 0 Å². The normalized spacial score (nSPS) is 10.1. The van der Waals surface area contributed by atoms with Gasteiger partial charge in [-0.15, -0.1) is 0 Å². The van der Waals surface area contributed by atoms with Crippen LogP contribution in [-0.2, 0) is 6.42 Å². The first-order valence-corrected chi connectivity index (χ1v) is 6.32. The molecule has 0 aliphatic heterocycles. The molecule has 2 aromatic carbocycles. The molecule has 0 unspecified atom stereocenters. The van der Waals surface area contributed by atoms with Crippen molar-refractivity contribution < 1.29 is 14.7 Å². The van der Waals surface area contributed by atoms with Gasteiger partial charge in [-0.1, -0.05) is 31.2 Å². The lowest BCUT2D eigenvalue weighted by Crippen LogP contribution is -2.22. The van der Waals surface area contributed by atoms with Gasteiger partial charge >= 0.3 is 0 Å². The molecule has 20 heavy (non-hydrogen) atoms. The first-order chi connectivity index (χ1) is 9.60. The summed E-state index contributed by atoms with van der Waals surface area (Å²) in [4.78, 5) is 22.8. The van der Waals surface area contributed by atoms with E-state index in [4.69, 9.17) is 0 Å². The van der Waals surface area contributed by atoms with E-state index in [-0.39, 0.29) is 11.5 Å².